The lowest BCUT2D eigenvalue weighted by molar-refractivity contribution is -0.0950. The van der Waals surface area contributed by atoms with Crippen LogP contribution in [0.3, 0.4) is 0 Å². The lowest BCUT2D eigenvalue weighted by Gasteiger charge is -2.27. The second-order valence-corrected chi connectivity index (χ2v) is 5.88. The van der Waals surface area contributed by atoms with Crippen molar-refractivity contribution in [2.75, 3.05) is 12.9 Å². The molecule has 3 rings (SSSR count). The average molecular weight is 312 g/mol. The van der Waals surface area contributed by atoms with Crippen molar-refractivity contribution in [2.45, 2.75) is 36.0 Å². The van der Waals surface area contributed by atoms with Crippen molar-refractivity contribution in [2.24, 2.45) is 0 Å². The molecule has 0 bridgehead atoms. The maximum Gasteiger partial charge on any atom is 0.168 e. The topological polar surface area (TPSA) is 114 Å². The summed E-state index contributed by atoms with van der Waals surface area (Å²) in [4.78, 5) is 12.6. The fraction of sp³-hybridized carbons (Fsp3) is 0.583. The van der Waals surface area contributed by atoms with Crippen LogP contribution in [-0.2, 0) is 4.74 Å². The normalized spacial score (nSPS) is 32.9. The second kappa shape index (κ2) is 5.18. The number of imidazole rings is 1. The highest BCUT2D eigenvalue weighted by Crippen LogP contribution is 2.39. The van der Waals surface area contributed by atoms with E-state index in [1.165, 1.54) is 31.3 Å². The van der Waals surface area contributed by atoms with Crippen molar-refractivity contribution in [1.82, 2.24) is 19.5 Å². The number of aliphatic hydroxyl groups excluding tert-OH is 2. The lowest BCUT2D eigenvalue weighted by Crippen LogP contribution is -2.44. The minimum Gasteiger partial charge on any atom is -0.394 e. The second-order valence-electron chi connectivity index (χ2n) is 5.09. The Balaban J connectivity index is 2.09. The molecule has 0 radical (unpaired) electrons. The third-order valence-corrected chi connectivity index (χ3v) is 4.39. The minimum absolute atomic E-state index is 0.383. The molecule has 1 saturated heterocycles. The van der Waals surface area contributed by atoms with Crippen LogP contribution in [0.1, 0.15) is 13.2 Å². The van der Waals surface area contributed by atoms with Gasteiger partial charge in [0.25, 0.3) is 0 Å². The Morgan fingerprint density at radius 2 is 2.19 bits per heavy atom. The number of hydrogen-bond donors (Lipinski definition) is 3. The van der Waals surface area contributed by atoms with E-state index in [0.717, 1.165) is 5.03 Å². The molecule has 1 unspecified atom stereocenters. The molecule has 4 atom stereocenters. The van der Waals surface area contributed by atoms with Gasteiger partial charge in [-0.3, -0.25) is 4.57 Å². The highest BCUT2D eigenvalue weighted by atomic mass is 32.2. The van der Waals surface area contributed by atoms with Gasteiger partial charge in [-0.2, -0.15) is 0 Å². The van der Waals surface area contributed by atoms with Gasteiger partial charge in [-0.1, -0.05) is 0 Å². The summed E-state index contributed by atoms with van der Waals surface area (Å²) in [7, 11) is 0. The molecule has 114 valence electrons. The van der Waals surface area contributed by atoms with Gasteiger partial charge in [-0.15, -0.1) is 11.8 Å². The number of aromatic nitrogens is 4. The summed E-state index contributed by atoms with van der Waals surface area (Å²) in [5, 5.41) is 30.5. The Bertz CT molecular complexity index is 662. The summed E-state index contributed by atoms with van der Waals surface area (Å²) >= 11 is 1.44. The highest BCUT2D eigenvalue weighted by Gasteiger charge is 2.53. The molecule has 21 heavy (non-hydrogen) atoms. The maximum atomic E-state index is 10.5. The highest BCUT2D eigenvalue weighted by molar-refractivity contribution is 7.98. The Morgan fingerprint density at radius 1 is 1.43 bits per heavy atom. The molecule has 1 aliphatic rings. The predicted octanol–water partition coefficient (Wildman–Crippen LogP) is -0.450. The molecule has 1 aliphatic heterocycles. The quantitative estimate of drug-likeness (QED) is 0.516. The molecule has 0 amide bonds. The number of thioether (sulfide) groups is 1. The Morgan fingerprint density at radius 3 is 2.81 bits per heavy atom. The summed E-state index contributed by atoms with van der Waals surface area (Å²) in [6.45, 7) is 1.08. The van der Waals surface area contributed by atoms with E-state index in [-0.39, 0.29) is 6.61 Å². The predicted molar refractivity (Wildman–Crippen MR) is 74.7 cm³/mol. The van der Waals surface area contributed by atoms with Gasteiger partial charge in [-0.05, 0) is 13.2 Å². The van der Waals surface area contributed by atoms with Gasteiger partial charge >= 0.3 is 0 Å². The number of rotatable bonds is 3. The smallest absolute Gasteiger partial charge is 0.168 e. The first-order valence-electron chi connectivity index (χ1n) is 6.39. The first-order valence-corrected chi connectivity index (χ1v) is 7.61. The van der Waals surface area contributed by atoms with Gasteiger partial charge in [0.05, 0.1) is 12.9 Å². The molecule has 2 aromatic rings. The fourth-order valence-electron chi connectivity index (χ4n) is 2.54. The standard InChI is InChI=1S/C12H16N4O4S/c1-12(19)8(18)6(3-17)20-11(12)16-5-15-7-9(16)13-4-14-10(7)21-2/h4-6,8,11,17-19H,3H2,1-2H3/t6-,8-,11?,12-/m1/s1. The average Bonchev–Trinajstić information content (AvgIpc) is 2.99. The first-order chi connectivity index (χ1) is 10.0. The summed E-state index contributed by atoms with van der Waals surface area (Å²) in [5.41, 5.74) is -0.456. The van der Waals surface area contributed by atoms with Crippen LogP contribution in [-0.4, -0.2) is 65.5 Å². The zero-order chi connectivity index (χ0) is 15.2. The summed E-state index contributed by atoms with van der Waals surface area (Å²) < 4.78 is 7.12. The van der Waals surface area contributed by atoms with Crippen LogP contribution in [0, 0.1) is 0 Å². The van der Waals surface area contributed by atoms with Gasteiger partial charge in [0.1, 0.15) is 34.7 Å². The first kappa shape index (κ1) is 14.7. The fourth-order valence-corrected chi connectivity index (χ4v) is 3.03. The molecule has 1 fully saturated rings. The molecule has 0 saturated carbocycles. The van der Waals surface area contributed by atoms with Crippen LogP contribution in [0.15, 0.2) is 17.7 Å². The number of ether oxygens (including phenoxy) is 1. The van der Waals surface area contributed by atoms with Crippen LogP contribution >= 0.6 is 11.8 Å². The van der Waals surface area contributed by atoms with Gasteiger partial charge in [0.2, 0.25) is 0 Å². The number of hydrogen-bond acceptors (Lipinski definition) is 8. The van der Waals surface area contributed by atoms with Gasteiger partial charge in [-0.25, -0.2) is 15.0 Å². The number of fused-ring (bicyclic) bond motifs is 1. The molecule has 3 heterocycles. The SMILES string of the molecule is CSc1ncnc2c1ncn2C1O[C@H](CO)[C@@H](O)[C@@]1(C)O. The maximum absolute atomic E-state index is 10.5. The Hall–Kier alpha value is -1.26. The summed E-state index contributed by atoms with van der Waals surface area (Å²) in [6.07, 6.45) is 1.84. The van der Waals surface area contributed by atoms with Crippen molar-refractivity contribution >= 4 is 22.9 Å². The molecule has 9 heteroatoms. The van der Waals surface area contributed by atoms with E-state index in [1.807, 2.05) is 6.26 Å². The molecular weight excluding hydrogens is 296 g/mol. The van der Waals surface area contributed by atoms with Gasteiger partial charge in [0, 0.05) is 0 Å². The number of nitrogens with zero attached hydrogens (tertiary/aromatic N) is 4. The van der Waals surface area contributed by atoms with Crippen molar-refractivity contribution in [3.63, 3.8) is 0 Å². The molecule has 8 nitrogen and oxygen atoms in total. The largest absolute Gasteiger partial charge is 0.394 e. The monoisotopic (exact) mass is 312 g/mol. The molecule has 0 aromatic carbocycles. The number of aliphatic hydroxyl groups is 3. The zero-order valence-corrected chi connectivity index (χ0v) is 12.4. The van der Waals surface area contributed by atoms with E-state index in [4.69, 9.17) is 4.74 Å². The minimum atomic E-state index is -1.56. The third-order valence-electron chi connectivity index (χ3n) is 3.71. The van der Waals surface area contributed by atoms with Crippen molar-refractivity contribution in [3.05, 3.63) is 12.7 Å². The van der Waals surface area contributed by atoms with Crippen LogP contribution < -0.4 is 0 Å². The van der Waals surface area contributed by atoms with E-state index in [9.17, 15) is 15.3 Å². The van der Waals surface area contributed by atoms with E-state index in [2.05, 4.69) is 15.0 Å². The van der Waals surface area contributed by atoms with E-state index in [0.29, 0.717) is 11.2 Å². The van der Waals surface area contributed by atoms with Crippen LogP contribution in [0.25, 0.3) is 11.2 Å². The zero-order valence-electron chi connectivity index (χ0n) is 11.5. The van der Waals surface area contributed by atoms with Crippen LogP contribution in [0.2, 0.25) is 0 Å². The summed E-state index contributed by atoms with van der Waals surface area (Å²) in [5.74, 6) is 0. The molecule has 0 spiro atoms. The van der Waals surface area contributed by atoms with Crippen molar-refractivity contribution in [3.8, 4) is 0 Å². The molecule has 0 aliphatic carbocycles. The van der Waals surface area contributed by atoms with Crippen LogP contribution in [0.5, 0.6) is 0 Å². The van der Waals surface area contributed by atoms with Crippen molar-refractivity contribution in [1.29, 1.82) is 0 Å². The van der Waals surface area contributed by atoms with Gasteiger partial charge in [0.15, 0.2) is 11.9 Å². The van der Waals surface area contributed by atoms with Crippen molar-refractivity contribution < 1.29 is 20.1 Å². The Labute approximate surface area is 124 Å². The van der Waals surface area contributed by atoms with E-state index in [1.54, 1.807) is 4.57 Å². The third kappa shape index (κ3) is 2.12. The molecular formula is C12H16N4O4S. The lowest BCUT2D eigenvalue weighted by atomic mass is 9.96. The molecule has 2 aromatic heterocycles. The van der Waals surface area contributed by atoms with E-state index < -0.39 is 24.0 Å². The Kier molecular flexibility index (Phi) is 3.62. The van der Waals surface area contributed by atoms with E-state index >= 15 is 0 Å². The summed E-state index contributed by atoms with van der Waals surface area (Å²) in [6, 6.07) is 0. The van der Waals surface area contributed by atoms with Crippen LogP contribution in [0.4, 0.5) is 0 Å². The van der Waals surface area contributed by atoms with Gasteiger partial charge < -0.3 is 20.1 Å². The molecule has 3 N–H and O–H groups in total.